The van der Waals surface area contributed by atoms with Gasteiger partial charge < -0.3 is 5.32 Å². The molecule has 3 rings (SSSR count). The van der Waals surface area contributed by atoms with E-state index in [1.807, 2.05) is 0 Å². The van der Waals surface area contributed by atoms with Gasteiger partial charge in [-0.2, -0.15) is 0 Å². The monoisotopic (exact) mass is 333 g/mol. The zero-order chi connectivity index (χ0) is 18.5. The number of hydrogen-bond donors (Lipinski definition) is 1. The molecule has 0 aromatic heterocycles. The third-order valence-electron chi connectivity index (χ3n) is 10.8. The molecule has 1 nitrogen and oxygen atoms in total. The van der Waals surface area contributed by atoms with Crippen molar-refractivity contribution in [1.82, 2.24) is 5.32 Å². The summed E-state index contributed by atoms with van der Waals surface area (Å²) in [6.45, 7) is 29.0. The van der Waals surface area contributed by atoms with Gasteiger partial charge in [-0.25, -0.2) is 0 Å². The highest BCUT2D eigenvalue weighted by Crippen LogP contribution is 2.76. The molecule has 24 heavy (non-hydrogen) atoms. The first-order valence-corrected chi connectivity index (χ1v) is 10.4. The molecule has 0 aromatic rings. The fourth-order valence-corrected chi connectivity index (χ4v) is 7.90. The van der Waals surface area contributed by atoms with Crippen LogP contribution in [0.25, 0.3) is 0 Å². The molecule has 3 aliphatic rings. The van der Waals surface area contributed by atoms with E-state index >= 15 is 0 Å². The van der Waals surface area contributed by atoms with Crippen molar-refractivity contribution in [3.63, 3.8) is 0 Å². The van der Waals surface area contributed by atoms with Crippen molar-refractivity contribution < 1.29 is 0 Å². The van der Waals surface area contributed by atoms with Crippen molar-refractivity contribution in [2.24, 2.45) is 51.2 Å². The van der Waals surface area contributed by atoms with Crippen molar-refractivity contribution in [2.75, 3.05) is 6.54 Å². The molecule has 1 heteroatoms. The first-order chi connectivity index (χ1) is 10.7. The van der Waals surface area contributed by atoms with Crippen molar-refractivity contribution in [2.45, 2.75) is 88.1 Å². The molecule has 2 saturated carbocycles. The van der Waals surface area contributed by atoms with Crippen LogP contribution in [0.5, 0.6) is 0 Å². The minimum atomic E-state index is 0.378. The van der Waals surface area contributed by atoms with E-state index < -0.39 is 0 Å². The number of piperidine rings is 1. The molecular formula is C23H43N. The highest BCUT2D eigenvalue weighted by atomic mass is 15.1. The molecule has 0 radical (unpaired) electrons. The van der Waals surface area contributed by atoms with Crippen molar-refractivity contribution in [3.05, 3.63) is 0 Å². The minimum absolute atomic E-state index is 0.378. The normalized spacial score (nSPS) is 51.2. The Balaban J connectivity index is 1.93. The number of fused-ring (bicyclic) bond motifs is 1. The predicted molar refractivity (Wildman–Crippen MR) is 105 cm³/mol. The van der Waals surface area contributed by atoms with Crippen molar-refractivity contribution in [3.8, 4) is 0 Å². The van der Waals surface area contributed by atoms with Gasteiger partial charge in [0.15, 0.2) is 0 Å². The molecule has 0 spiro atoms. The summed E-state index contributed by atoms with van der Waals surface area (Å²) in [4.78, 5) is 0. The summed E-state index contributed by atoms with van der Waals surface area (Å²) in [6, 6.07) is 0. The second-order valence-corrected chi connectivity index (χ2v) is 12.0. The Bertz CT molecular complexity index is 532. The summed E-state index contributed by atoms with van der Waals surface area (Å²) in [5.74, 6) is 4.02. The molecule has 140 valence electrons. The van der Waals surface area contributed by atoms with E-state index in [2.05, 4.69) is 81.5 Å². The van der Waals surface area contributed by atoms with Crippen LogP contribution in [0.1, 0.15) is 82.6 Å². The molecular weight excluding hydrogens is 290 g/mol. The molecule has 3 fully saturated rings. The first kappa shape index (κ1) is 18.7. The van der Waals surface area contributed by atoms with Crippen LogP contribution < -0.4 is 5.32 Å². The summed E-state index contributed by atoms with van der Waals surface area (Å²) in [5, 5.41) is 3.88. The van der Waals surface area contributed by atoms with Crippen molar-refractivity contribution >= 4 is 0 Å². The quantitative estimate of drug-likeness (QED) is 0.666. The number of nitrogens with one attached hydrogen (secondary N) is 1. The fraction of sp³-hybridized carbons (Fsp3) is 1.00. The number of hydrogen-bond acceptors (Lipinski definition) is 1. The van der Waals surface area contributed by atoms with Gasteiger partial charge >= 0.3 is 0 Å². The van der Waals surface area contributed by atoms with Gasteiger partial charge in [0.05, 0.1) is 0 Å². The van der Waals surface area contributed by atoms with E-state index in [4.69, 9.17) is 0 Å². The average molecular weight is 334 g/mol. The lowest BCUT2D eigenvalue weighted by Gasteiger charge is -2.74. The molecule has 1 heterocycles. The summed E-state index contributed by atoms with van der Waals surface area (Å²) in [5.41, 5.74) is 2.10. The van der Waals surface area contributed by atoms with Crippen LogP contribution in [0.2, 0.25) is 0 Å². The topological polar surface area (TPSA) is 12.0 Å². The maximum absolute atomic E-state index is 3.88. The van der Waals surface area contributed by atoms with Gasteiger partial charge in [0.2, 0.25) is 0 Å². The van der Waals surface area contributed by atoms with E-state index in [0.717, 1.165) is 29.6 Å². The second kappa shape index (κ2) is 4.81. The molecule has 2 unspecified atom stereocenters. The third-order valence-corrected chi connectivity index (χ3v) is 10.8. The Kier molecular flexibility index (Phi) is 3.76. The highest BCUT2D eigenvalue weighted by Gasteiger charge is 2.72. The van der Waals surface area contributed by atoms with Gasteiger partial charge in [-0.15, -0.1) is 0 Å². The van der Waals surface area contributed by atoms with Crippen LogP contribution in [-0.4, -0.2) is 12.1 Å². The van der Waals surface area contributed by atoms with E-state index in [0.29, 0.717) is 27.2 Å². The van der Waals surface area contributed by atoms with Gasteiger partial charge in [-0.3, -0.25) is 0 Å². The molecule has 0 bridgehead atoms. The summed E-state index contributed by atoms with van der Waals surface area (Å²) >= 11 is 0. The maximum Gasteiger partial charge on any atom is 0.0217 e. The van der Waals surface area contributed by atoms with E-state index in [1.54, 1.807) is 0 Å². The summed E-state index contributed by atoms with van der Waals surface area (Å²) in [6.07, 6.45) is 1.37. The van der Waals surface area contributed by atoms with Crippen LogP contribution in [-0.2, 0) is 0 Å². The standard InChI is InChI=1S/C23H43N/c1-14(2)21(9)13-19(5,6)23(21,11)16(4)20(7,8)17-12-24-22(10)15(3)18(17)22/h14-18,24H,12-13H2,1-11H3/t15-,16-,17?,18?,21+,22-,23-/m0/s1. The predicted octanol–water partition coefficient (Wildman–Crippen LogP) is 5.99. The summed E-state index contributed by atoms with van der Waals surface area (Å²) in [7, 11) is 0. The lowest BCUT2D eigenvalue weighted by Crippen LogP contribution is -2.67. The Morgan fingerprint density at radius 3 is 1.92 bits per heavy atom. The lowest BCUT2D eigenvalue weighted by molar-refractivity contribution is -0.256. The lowest BCUT2D eigenvalue weighted by atomic mass is 9.31. The summed E-state index contributed by atoms with van der Waals surface area (Å²) < 4.78 is 0. The maximum atomic E-state index is 3.88. The Morgan fingerprint density at radius 2 is 1.54 bits per heavy atom. The Labute approximate surface area is 151 Å². The van der Waals surface area contributed by atoms with Gasteiger partial charge in [0, 0.05) is 5.54 Å². The van der Waals surface area contributed by atoms with Gasteiger partial charge in [0.25, 0.3) is 0 Å². The second-order valence-electron chi connectivity index (χ2n) is 12.0. The Hall–Kier alpha value is -0.0400. The van der Waals surface area contributed by atoms with Crippen LogP contribution >= 0.6 is 0 Å². The third kappa shape index (κ3) is 1.86. The van der Waals surface area contributed by atoms with Crippen LogP contribution in [0.4, 0.5) is 0 Å². The van der Waals surface area contributed by atoms with E-state index in [1.165, 1.54) is 13.0 Å². The fourth-order valence-electron chi connectivity index (χ4n) is 7.90. The van der Waals surface area contributed by atoms with E-state index in [9.17, 15) is 0 Å². The van der Waals surface area contributed by atoms with Gasteiger partial charge in [-0.05, 0) is 71.1 Å². The molecule has 2 aliphatic carbocycles. The zero-order valence-electron chi connectivity index (χ0n) is 18.3. The minimum Gasteiger partial charge on any atom is -0.311 e. The van der Waals surface area contributed by atoms with Gasteiger partial charge in [-0.1, -0.05) is 69.2 Å². The largest absolute Gasteiger partial charge is 0.311 e. The smallest absolute Gasteiger partial charge is 0.0217 e. The first-order valence-electron chi connectivity index (χ1n) is 10.4. The van der Waals surface area contributed by atoms with E-state index in [-0.39, 0.29) is 0 Å². The Morgan fingerprint density at radius 1 is 1.00 bits per heavy atom. The number of rotatable bonds is 4. The molecule has 0 amide bonds. The molecule has 1 saturated heterocycles. The molecule has 1 aliphatic heterocycles. The van der Waals surface area contributed by atoms with Gasteiger partial charge in [0.1, 0.15) is 0 Å². The average Bonchev–Trinajstić information content (AvgIpc) is 2.82. The highest BCUT2D eigenvalue weighted by molar-refractivity contribution is 5.24. The van der Waals surface area contributed by atoms with Crippen LogP contribution in [0.15, 0.2) is 0 Å². The molecule has 1 N–H and O–H groups in total. The zero-order valence-corrected chi connectivity index (χ0v) is 18.3. The SMILES string of the molecule is CC(C)[C@@]1(C)CC(C)(C)[C@]1(C)[C@@H](C)C(C)(C)C1CN[C@]2(C)C1[C@@H]2C. The van der Waals surface area contributed by atoms with Crippen LogP contribution in [0, 0.1) is 51.2 Å². The van der Waals surface area contributed by atoms with Crippen LogP contribution in [0.3, 0.4) is 0 Å². The molecule has 7 atom stereocenters. The van der Waals surface area contributed by atoms with Crippen molar-refractivity contribution in [1.29, 1.82) is 0 Å². The molecule has 0 aromatic carbocycles.